The summed E-state index contributed by atoms with van der Waals surface area (Å²) in [6, 6.07) is 13.6. The average Bonchev–Trinajstić information content (AvgIpc) is 2.74. The minimum atomic E-state index is 0.442. The molecule has 2 aromatic carbocycles. The monoisotopic (exact) mass is 287 g/mol. The van der Waals surface area contributed by atoms with E-state index in [9.17, 15) is 0 Å². The number of aromatic nitrogens is 2. The van der Waals surface area contributed by atoms with E-state index >= 15 is 0 Å². The first-order valence-electron chi connectivity index (χ1n) is 6.21. The van der Waals surface area contributed by atoms with Crippen molar-refractivity contribution in [2.45, 2.75) is 6.61 Å². The first kappa shape index (κ1) is 13.0. The van der Waals surface area contributed by atoms with E-state index in [0.717, 1.165) is 22.3 Å². The summed E-state index contributed by atoms with van der Waals surface area (Å²) >= 11 is 5.99. The molecule has 0 saturated heterocycles. The number of ether oxygens (including phenoxy) is 1. The molecule has 5 heteroatoms. The zero-order valence-electron chi connectivity index (χ0n) is 11.0. The van der Waals surface area contributed by atoms with E-state index in [4.69, 9.17) is 22.1 Å². The number of nitrogen functional groups attached to an aromatic ring is 1. The number of benzene rings is 2. The van der Waals surface area contributed by atoms with Crippen LogP contribution in [0.3, 0.4) is 0 Å². The van der Waals surface area contributed by atoms with Crippen LogP contribution in [0.4, 0.5) is 5.95 Å². The first-order chi connectivity index (χ1) is 9.69. The van der Waals surface area contributed by atoms with E-state index in [2.05, 4.69) is 4.98 Å². The third-order valence-corrected chi connectivity index (χ3v) is 3.36. The van der Waals surface area contributed by atoms with Crippen LogP contribution in [0.2, 0.25) is 5.02 Å². The number of rotatable bonds is 3. The zero-order chi connectivity index (χ0) is 14.1. The van der Waals surface area contributed by atoms with E-state index in [-0.39, 0.29) is 0 Å². The fourth-order valence-electron chi connectivity index (χ4n) is 2.30. The molecular formula is C15H14ClN3O. The summed E-state index contributed by atoms with van der Waals surface area (Å²) in [4.78, 5) is 4.35. The molecule has 102 valence electrons. The summed E-state index contributed by atoms with van der Waals surface area (Å²) < 4.78 is 7.07. The second-order valence-corrected chi connectivity index (χ2v) is 4.98. The van der Waals surface area contributed by atoms with Gasteiger partial charge in [-0.1, -0.05) is 23.7 Å². The molecule has 0 amide bonds. The highest BCUT2D eigenvalue weighted by Gasteiger charge is 2.10. The molecule has 0 saturated carbocycles. The van der Waals surface area contributed by atoms with Gasteiger partial charge in [-0.05, 0) is 35.9 Å². The number of nitrogens with zero attached hydrogens (tertiary/aromatic N) is 2. The highest BCUT2D eigenvalue weighted by molar-refractivity contribution is 6.31. The van der Waals surface area contributed by atoms with Crippen LogP contribution in [-0.4, -0.2) is 16.7 Å². The Morgan fingerprint density at radius 3 is 2.90 bits per heavy atom. The standard InChI is InChI=1S/C15H14ClN3O/c1-20-9-10-3-2-4-12(7-10)19-14-6-5-11(16)8-13(14)18-15(19)17/h2-8H,9H2,1H3,(H2,17,18). The van der Waals surface area contributed by atoms with Crippen LogP contribution in [0.15, 0.2) is 42.5 Å². The highest BCUT2D eigenvalue weighted by atomic mass is 35.5. The van der Waals surface area contributed by atoms with Gasteiger partial charge in [0.05, 0.1) is 17.6 Å². The molecule has 0 aliphatic rings. The number of fused-ring (bicyclic) bond motifs is 1. The molecule has 0 radical (unpaired) electrons. The number of hydrogen-bond donors (Lipinski definition) is 1. The van der Waals surface area contributed by atoms with Crippen molar-refractivity contribution in [3.63, 3.8) is 0 Å². The Balaban J connectivity index is 2.18. The van der Waals surface area contributed by atoms with Crippen molar-refractivity contribution in [2.75, 3.05) is 12.8 Å². The largest absolute Gasteiger partial charge is 0.380 e. The van der Waals surface area contributed by atoms with Gasteiger partial charge in [0.25, 0.3) is 0 Å². The summed E-state index contributed by atoms with van der Waals surface area (Å²) in [5.41, 5.74) is 9.80. The smallest absolute Gasteiger partial charge is 0.205 e. The second-order valence-electron chi connectivity index (χ2n) is 4.54. The molecular weight excluding hydrogens is 274 g/mol. The highest BCUT2D eigenvalue weighted by Crippen LogP contribution is 2.25. The maximum atomic E-state index is 6.04. The number of imidazole rings is 1. The number of methoxy groups -OCH3 is 1. The third-order valence-electron chi connectivity index (χ3n) is 3.12. The van der Waals surface area contributed by atoms with E-state index in [1.807, 2.05) is 47.0 Å². The van der Waals surface area contributed by atoms with Crippen LogP contribution in [-0.2, 0) is 11.3 Å². The molecule has 0 unspecified atom stereocenters. The van der Waals surface area contributed by atoms with Gasteiger partial charge in [0.1, 0.15) is 0 Å². The van der Waals surface area contributed by atoms with E-state index in [0.29, 0.717) is 17.6 Å². The fraction of sp³-hybridized carbons (Fsp3) is 0.133. The lowest BCUT2D eigenvalue weighted by molar-refractivity contribution is 0.185. The maximum Gasteiger partial charge on any atom is 0.205 e. The molecule has 20 heavy (non-hydrogen) atoms. The van der Waals surface area contributed by atoms with Crippen LogP contribution in [0.25, 0.3) is 16.7 Å². The first-order valence-corrected chi connectivity index (χ1v) is 6.58. The SMILES string of the molecule is COCc1cccc(-n2c(N)nc3cc(Cl)ccc32)c1. The van der Waals surface area contributed by atoms with Crippen molar-refractivity contribution in [3.05, 3.63) is 53.1 Å². The maximum absolute atomic E-state index is 6.04. The Morgan fingerprint density at radius 2 is 2.10 bits per heavy atom. The van der Waals surface area contributed by atoms with Crippen molar-refractivity contribution in [3.8, 4) is 5.69 Å². The summed E-state index contributed by atoms with van der Waals surface area (Å²) in [6.07, 6.45) is 0. The van der Waals surface area contributed by atoms with E-state index in [1.165, 1.54) is 0 Å². The Labute approximate surface area is 121 Å². The Kier molecular flexibility index (Phi) is 3.34. The molecule has 0 fully saturated rings. The van der Waals surface area contributed by atoms with Gasteiger partial charge in [-0.2, -0.15) is 0 Å². The molecule has 0 bridgehead atoms. The molecule has 0 aliphatic carbocycles. The molecule has 1 heterocycles. The molecule has 0 spiro atoms. The predicted octanol–water partition coefficient (Wildman–Crippen LogP) is 3.41. The zero-order valence-corrected chi connectivity index (χ0v) is 11.8. The van der Waals surface area contributed by atoms with Gasteiger partial charge < -0.3 is 10.5 Å². The molecule has 0 aliphatic heterocycles. The summed E-state index contributed by atoms with van der Waals surface area (Å²) in [6.45, 7) is 0.562. The Bertz CT molecular complexity index is 767. The van der Waals surface area contributed by atoms with Gasteiger partial charge in [-0.15, -0.1) is 0 Å². The fourth-order valence-corrected chi connectivity index (χ4v) is 2.46. The van der Waals surface area contributed by atoms with Gasteiger partial charge >= 0.3 is 0 Å². The van der Waals surface area contributed by atoms with Crippen molar-refractivity contribution in [1.29, 1.82) is 0 Å². The minimum Gasteiger partial charge on any atom is -0.380 e. The summed E-state index contributed by atoms with van der Waals surface area (Å²) in [7, 11) is 1.68. The van der Waals surface area contributed by atoms with E-state index < -0.39 is 0 Å². The minimum absolute atomic E-state index is 0.442. The topological polar surface area (TPSA) is 53.1 Å². The van der Waals surface area contributed by atoms with Crippen molar-refractivity contribution in [2.24, 2.45) is 0 Å². The molecule has 3 rings (SSSR count). The van der Waals surface area contributed by atoms with Crippen molar-refractivity contribution >= 4 is 28.6 Å². The Hall–Kier alpha value is -2.04. The Morgan fingerprint density at radius 1 is 1.25 bits per heavy atom. The van der Waals surface area contributed by atoms with Gasteiger partial charge in [0.15, 0.2) is 0 Å². The molecule has 4 nitrogen and oxygen atoms in total. The van der Waals surface area contributed by atoms with Gasteiger partial charge in [-0.25, -0.2) is 4.98 Å². The average molecular weight is 288 g/mol. The molecule has 1 aromatic heterocycles. The third kappa shape index (κ3) is 2.24. The van der Waals surface area contributed by atoms with Crippen LogP contribution in [0, 0.1) is 0 Å². The number of anilines is 1. The van der Waals surface area contributed by atoms with Crippen LogP contribution < -0.4 is 5.73 Å². The number of hydrogen-bond acceptors (Lipinski definition) is 3. The van der Waals surface area contributed by atoms with Gasteiger partial charge in [0.2, 0.25) is 5.95 Å². The quantitative estimate of drug-likeness (QED) is 0.803. The van der Waals surface area contributed by atoms with Crippen molar-refractivity contribution < 1.29 is 4.74 Å². The van der Waals surface area contributed by atoms with Crippen LogP contribution >= 0.6 is 11.6 Å². The van der Waals surface area contributed by atoms with E-state index in [1.54, 1.807) is 7.11 Å². The summed E-state index contributed by atoms with van der Waals surface area (Å²) in [5, 5.41) is 0.648. The lowest BCUT2D eigenvalue weighted by Gasteiger charge is -2.08. The summed E-state index contributed by atoms with van der Waals surface area (Å²) in [5.74, 6) is 0.442. The van der Waals surface area contributed by atoms with Crippen LogP contribution in [0.5, 0.6) is 0 Å². The molecule has 3 aromatic rings. The van der Waals surface area contributed by atoms with Gasteiger partial charge in [-0.3, -0.25) is 4.57 Å². The predicted molar refractivity (Wildman–Crippen MR) is 81.2 cm³/mol. The lowest BCUT2D eigenvalue weighted by Crippen LogP contribution is -2.01. The number of nitrogens with two attached hydrogens (primary N) is 1. The van der Waals surface area contributed by atoms with Crippen molar-refractivity contribution in [1.82, 2.24) is 9.55 Å². The lowest BCUT2D eigenvalue weighted by atomic mass is 10.2. The molecule has 2 N–H and O–H groups in total. The van der Waals surface area contributed by atoms with Crippen LogP contribution in [0.1, 0.15) is 5.56 Å². The number of halogens is 1. The molecule has 0 atom stereocenters. The normalized spacial score (nSPS) is 11.1. The van der Waals surface area contributed by atoms with Gasteiger partial charge in [0, 0.05) is 17.8 Å². The second kappa shape index (κ2) is 5.15.